The van der Waals surface area contributed by atoms with Crippen LogP contribution < -0.4 is 9.80 Å². The normalized spacial score (nSPS) is 11.1. The van der Waals surface area contributed by atoms with Gasteiger partial charge in [0.05, 0.1) is 11.0 Å². The maximum atomic E-state index is 5.32. The minimum absolute atomic E-state index is 0.835. The largest absolute Gasteiger partial charge is 0.309 e. The van der Waals surface area contributed by atoms with E-state index in [0.717, 1.165) is 40.1 Å². The van der Waals surface area contributed by atoms with E-state index in [1.807, 2.05) is 12.1 Å². The fourth-order valence-electron chi connectivity index (χ4n) is 6.17. The van der Waals surface area contributed by atoms with E-state index in [1.54, 1.807) is 0 Å². The molecule has 214 valence electrons. The van der Waals surface area contributed by atoms with Gasteiger partial charge in [-0.05, 0) is 84.9 Å². The maximum absolute atomic E-state index is 5.32. The van der Waals surface area contributed by atoms with Crippen LogP contribution in [0.1, 0.15) is 0 Å². The molecule has 0 saturated carbocycles. The summed E-state index contributed by atoms with van der Waals surface area (Å²) in [5.41, 5.74) is 7.68. The van der Waals surface area contributed by atoms with Crippen molar-refractivity contribution in [2.45, 2.75) is 0 Å². The predicted molar refractivity (Wildman–Crippen MR) is 188 cm³/mol. The van der Waals surface area contributed by atoms with Crippen molar-refractivity contribution in [3.05, 3.63) is 182 Å². The Morgan fingerprint density at radius 1 is 0.356 bits per heavy atom. The van der Waals surface area contributed by atoms with Crippen LogP contribution in [-0.4, -0.2) is 9.55 Å². The van der Waals surface area contributed by atoms with E-state index in [-0.39, 0.29) is 0 Å². The average Bonchev–Trinajstić information content (AvgIpc) is 3.44. The zero-order chi connectivity index (χ0) is 30.0. The lowest BCUT2D eigenvalue weighted by atomic mass is 10.1. The summed E-state index contributed by atoms with van der Waals surface area (Å²) in [6, 6.07) is 63.5. The highest BCUT2D eigenvalue weighted by Gasteiger charge is 2.20. The van der Waals surface area contributed by atoms with Gasteiger partial charge >= 0.3 is 0 Å². The van der Waals surface area contributed by atoms with Gasteiger partial charge in [-0.25, -0.2) is 4.98 Å². The van der Waals surface area contributed by atoms with Crippen molar-refractivity contribution in [3.63, 3.8) is 0 Å². The molecule has 0 fully saturated rings. The molecule has 6 aromatic carbocycles. The third kappa shape index (κ3) is 4.89. The Balaban J connectivity index is 1.32. The third-order valence-electron chi connectivity index (χ3n) is 8.15. The van der Waals surface area contributed by atoms with Crippen molar-refractivity contribution >= 4 is 56.2 Å². The summed E-state index contributed by atoms with van der Waals surface area (Å²) in [5, 5.41) is 2.41. The van der Waals surface area contributed by atoms with Crippen molar-refractivity contribution in [2.24, 2.45) is 0 Å². The second-order valence-electron chi connectivity index (χ2n) is 10.9. The molecule has 0 N–H and O–H groups in total. The summed E-state index contributed by atoms with van der Waals surface area (Å²) in [5.74, 6) is 1.68. The number of fused-ring (bicyclic) bond motifs is 3. The monoisotopic (exact) mass is 578 g/mol. The molecule has 0 unspecified atom stereocenters. The SMILES string of the molecule is c1ccc(N(c2ccccc2)c2cccc(N(c3ccccc3)c3ccc4c(c3)c3ccccc3n4-c3ccccc3)n2)cc1. The lowest BCUT2D eigenvalue weighted by Gasteiger charge is -2.28. The topological polar surface area (TPSA) is 24.3 Å². The molecule has 2 aromatic heterocycles. The standard InChI is InChI=1S/C41H30N4/c1-5-16-31(17-6-1)43(32-18-7-2-8-19-32)40-26-15-27-41(42-40)44(33-20-9-3-10-21-33)35-28-29-39-37(30-35)36-24-13-14-25-38(36)45(39)34-22-11-4-12-23-34/h1-30H. The molecule has 0 aliphatic heterocycles. The first-order chi connectivity index (χ1) is 22.3. The number of para-hydroxylation sites is 5. The van der Waals surface area contributed by atoms with Crippen LogP contribution in [0.15, 0.2) is 182 Å². The Labute approximate surface area is 262 Å². The highest BCUT2D eigenvalue weighted by molar-refractivity contribution is 6.10. The summed E-state index contributed by atoms with van der Waals surface area (Å²) in [4.78, 5) is 9.76. The Kier molecular flexibility index (Phi) is 6.78. The molecule has 0 bridgehead atoms. The minimum atomic E-state index is 0.835. The zero-order valence-electron chi connectivity index (χ0n) is 24.6. The van der Waals surface area contributed by atoms with Crippen LogP contribution in [0.2, 0.25) is 0 Å². The van der Waals surface area contributed by atoms with Gasteiger partial charge < -0.3 is 4.57 Å². The van der Waals surface area contributed by atoms with Gasteiger partial charge in [0.1, 0.15) is 11.6 Å². The van der Waals surface area contributed by atoms with E-state index in [0.29, 0.717) is 0 Å². The van der Waals surface area contributed by atoms with E-state index in [1.165, 1.54) is 21.8 Å². The van der Waals surface area contributed by atoms with E-state index in [2.05, 4.69) is 184 Å². The summed E-state index contributed by atoms with van der Waals surface area (Å²) < 4.78 is 2.35. The van der Waals surface area contributed by atoms with Crippen molar-refractivity contribution in [1.29, 1.82) is 0 Å². The lowest BCUT2D eigenvalue weighted by Crippen LogP contribution is -2.15. The van der Waals surface area contributed by atoms with Gasteiger partial charge in [-0.1, -0.05) is 97.1 Å². The molecular weight excluding hydrogens is 548 g/mol. The van der Waals surface area contributed by atoms with Crippen molar-refractivity contribution < 1.29 is 0 Å². The minimum Gasteiger partial charge on any atom is -0.309 e. The Morgan fingerprint density at radius 3 is 1.40 bits per heavy atom. The van der Waals surface area contributed by atoms with Gasteiger partial charge in [-0.2, -0.15) is 0 Å². The van der Waals surface area contributed by atoms with Gasteiger partial charge in [0, 0.05) is 39.2 Å². The van der Waals surface area contributed by atoms with Crippen molar-refractivity contribution in [3.8, 4) is 5.69 Å². The second-order valence-corrected chi connectivity index (χ2v) is 10.9. The molecule has 0 spiro atoms. The molecule has 0 saturated heterocycles. The van der Waals surface area contributed by atoms with E-state index >= 15 is 0 Å². The first-order valence-corrected chi connectivity index (χ1v) is 15.2. The Hall–Kier alpha value is -6.13. The van der Waals surface area contributed by atoms with Gasteiger partial charge in [0.2, 0.25) is 0 Å². The van der Waals surface area contributed by atoms with Crippen LogP contribution in [0.5, 0.6) is 0 Å². The third-order valence-corrected chi connectivity index (χ3v) is 8.15. The van der Waals surface area contributed by atoms with Crippen LogP contribution >= 0.6 is 0 Å². The van der Waals surface area contributed by atoms with Crippen LogP contribution in [0.25, 0.3) is 27.5 Å². The molecule has 45 heavy (non-hydrogen) atoms. The smallest absolute Gasteiger partial charge is 0.140 e. The molecule has 0 atom stereocenters. The number of hydrogen-bond donors (Lipinski definition) is 0. The van der Waals surface area contributed by atoms with Gasteiger partial charge in [-0.3, -0.25) is 9.80 Å². The molecule has 0 aliphatic carbocycles. The number of anilines is 6. The number of rotatable bonds is 7. The van der Waals surface area contributed by atoms with E-state index in [4.69, 9.17) is 4.98 Å². The molecule has 4 nitrogen and oxygen atoms in total. The van der Waals surface area contributed by atoms with Gasteiger partial charge in [0.15, 0.2) is 0 Å². The first-order valence-electron chi connectivity index (χ1n) is 15.2. The Morgan fingerprint density at radius 2 is 0.822 bits per heavy atom. The zero-order valence-corrected chi connectivity index (χ0v) is 24.6. The molecule has 0 aliphatic rings. The number of pyridine rings is 1. The fourth-order valence-corrected chi connectivity index (χ4v) is 6.17. The lowest BCUT2D eigenvalue weighted by molar-refractivity contribution is 1.13. The van der Waals surface area contributed by atoms with Crippen molar-refractivity contribution in [1.82, 2.24) is 9.55 Å². The molecule has 8 aromatic rings. The summed E-state index contributed by atoms with van der Waals surface area (Å²) >= 11 is 0. The summed E-state index contributed by atoms with van der Waals surface area (Å²) in [7, 11) is 0. The molecule has 8 rings (SSSR count). The molecule has 0 radical (unpaired) electrons. The molecular formula is C41H30N4. The number of aromatic nitrogens is 2. The quantitative estimate of drug-likeness (QED) is 0.188. The van der Waals surface area contributed by atoms with E-state index in [9.17, 15) is 0 Å². The summed E-state index contributed by atoms with van der Waals surface area (Å²) in [6.07, 6.45) is 0. The van der Waals surface area contributed by atoms with Gasteiger partial charge in [0.25, 0.3) is 0 Å². The highest BCUT2D eigenvalue weighted by Crippen LogP contribution is 2.40. The van der Waals surface area contributed by atoms with Crippen molar-refractivity contribution in [2.75, 3.05) is 9.80 Å². The van der Waals surface area contributed by atoms with Crippen LogP contribution in [-0.2, 0) is 0 Å². The molecule has 4 heteroatoms. The highest BCUT2D eigenvalue weighted by atomic mass is 15.3. The summed E-state index contributed by atoms with van der Waals surface area (Å²) in [6.45, 7) is 0. The maximum Gasteiger partial charge on any atom is 0.140 e. The number of nitrogens with zero attached hydrogens (tertiary/aromatic N) is 4. The van der Waals surface area contributed by atoms with Gasteiger partial charge in [-0.15, -0.1) is 0 Å². The average molecular weight is 579 g/mol. The first kappa shape index (κ1) is 26.5. The molecule has 0 amide bonds. The fraction of sp³-hybridized carbons (Fsp3) is 0. The second kappa shape index (κ2) is 11.5. The van der Waals surface area contributed by atoms with Crippen LogP contribution in [0.3, 0.4) is 0 Å². The van der Waals surface area contributed by atoms with Crippen LogP contribution in [0.4, 0.5) is 34.4 Å². The number of benzene rings is 6. The predicted octanol–water partition coefficient (Wildman–Crippen LogP) is 11.1. The molecule has 2 heterocycles. The number of hydrogen-bond acceptors (Lipinski definition) is 3. The Bertz CT molecular complexity index is 2170. The van der Waals surface area contributed by atoms with Crippen LogP contribution in [0, 0.1) is 0 Å². The van der Waals surface area contributed by atoms with E-state index < -0.39 is 0 Å².